The lowest BCUT2D eigenvalue weighted by atomic mass is 10.1. The molecule has 0 aliphatic heterocycles. The van der Waals surface area contributed by atoms with Crippen molar-refractivity contribution in [1.82, 2.24) is 20.3 Å². The molecule has 0 atom stereocenters. The fraction of sp³-hybridized carbons (Fsp3) is 0.357. The third-order valence-corrected chi connectivity index (χ3v) is 3.73. The van der Waals surface area contributed by atoms with E-state index in [9.17, 15) is 4.79 Å². The van der Waals surface area contributed by atoms with Crippen molar-refractivity contribution in [1.29, 1.82) is 0 Å². The molecule has 1 saturated carbocycles. The predicted molar refractivity (Wildman–Crippen MR) is 78.5 cm³/mol. The van der Waals surface area contributed by atoms with E-state index in [-0.39, 0.29) is 5.91 Å². The summed E-state index contributed by atoms with van der Waals surface area (Å²) >= 11 is 3.38. The number of aromatic nitrogens is 3. The van der Waals surface area contributed by atoms with Crippen LogP contribution >= 0.6 is 15.9 Å². The molecular formula is C14H15BrN4O. The van der Waals surface area contributed by atoms with E-state index >= 15 is 0 Å². The normalized spacial score (nSPS) is 14.2. The van der Waals surface area contributed by atoms with Crippen LogP contribution in [0.25, 0.3) is 0 Å². The topological polar surface area (TPSA) is 70.7 Å². The number of imidazole rings is 1. The van der Waals surface area contributed by atoms with Gasteiger partial charge >= 0.3 is 0 Å². The van der Waals surface area contributed by atoms with Crippen LogP contribution in [0.2, 0.25) is 0 Å². The lowest BCUT2D eigenvalue weighted by Gasteiger charge is -2.09. The van der Waals surface area contributed by atoms with Crippen molar-refractivity contribution >= 4 is 21.8 Å². The van der Waals surface area contributed by atoms with Crippen molar-refractivity contribution in [3.8, 4) is 0 Å². The predicted octanol–water partition coefficient (Wildman–Crippen LogP) is 2.42. The Kier molecular flexibility index (Phi) is 3.82. The Labute approximate surface area is 125 Å². The molecule has 0 radical (unpaired) electrons. The van der Waals surface area contributed by atoms with Crippen molar-refractivity contribution in [2.45, 2.75) is 25.2 Å². The van der Waals surface area contributed by atoms with E-state index in [2.05, 4.69) is 36.2 Å². The Hall–Kier alpha value is -1.69. The Morgan fingerprint density at radius 2 is 2.30 bits per heavy atom. The van der Waals surface area contributed by atoms with Gasteiger partial charge in [-0.2, -0.15) is 0 Å². The number of carbonyl (C=O) groups is 1. The zero-order valence-corrected chi connectivity index (χ0v) is 12.5. The summed E-state index contributed by atoms with van der Waals surface area (Å²) in [6, 6.07) is 1.85. The summed E-state index contributed by atoms with van der Waals surface area (Å²) < 4.78 is 0.832. The Bertz CT molecular complexity index is 608. The number of H-pyrrole nitrogens is 1. The lowest BCUT2D eigenvalue weighted by Crippen LogP contribution is -2.27. The van der Waals surface area contributed by atoms with Gasteiger partial charge in [0.15, 0.2) is 0 Å². The third kappa shape index (κ3) is 3.07. The van der Waals surface area contributed by atoms with E-state index in [1.807, 2.05) is 6.07 Å². The summed E-state index contributed by atoms with van der Waals surface area (Å²) in [5.41, 5.74) is 1.60. The average molecular weight is 335 g/mol. The molecule has 0 saturated heterocycles. The Balaban J connectivity index is 1.65. The Morgan fingerprint density at radius 1 is 1.45 bits per heavy atom. The maximum atomic E-state index is 12.3. The van der Waals surface area contributed by atoms with Crippen molar-refractivity contribution in [2.24, 2.45) is 0 Å². The number of hydrogen-bond acceptors (Lipinski definition) is 3. The molecule has 1 aliphatic carbocycles. The second kappa shape index (κ2) is 5.75. The summed E-state index contributed by atoms with van der Waals surface area (Å²) in [6.45, 7) is 0.558. The summed E-state index contributed by atoms with van der Waals surface area (Å²) in [7, 11) is 0. The molecule has 0 bridgehead atoms. The van der Waals surface area contributed by atoms with Crippen LogP contribution in [0, 0.1) is 0 Å². The van der Waals surface area contributed by atoms with E-state index in [0.29, 0.717) is 24.4 Å². The van der Waals surface area contributed by atoms with E-state index in [1.165, 1.54) is 0 Å². The van der Waals surface area contributed by atoms with Crippen LogP contribution in [-0.2, 0) is 6.42 Å². The van der Waals surface area contributed by atoms with Gasteiger partial charge in [0.1, 0.15) is 5.82 Å². The smallest absolute Gasteiger partial charge is 0.253 e. The van der Waals surface area contributed by atoms with Crippen molar-refractivity contribution < 1.29 is 4.79 Å². The number of nitrogens with one attached hydrogen (secondary N) is 2. The summed E-state index contributed by atoms with van der Waals surface area (Å²) in [6.07, 6.45) is 8.19. The number of pyridine rings is 1. The van der Waals surface area contributed by atoms with Crippen LogP contribution in [-0.4, -0.2) is 27.4 Å². The van der Waals surface area contributed by atoms with Crippen LogP contribution in [0.1, 0.15) is 40.6 Å². The maximum absolute atomic E-state index is 12.3. The molecular weight excluding hydrogens is 320 g/mol. The minimum Gasteiger partial charge on any atom is -0.352 e. The van der Waals surface area contributed by atoms with Crippen LogP contribution in [0.3, 0.4) is 0 Å². The van der Waals surface area contributed by atoms with Gasteiger partial charge in [0.2, 0.25) is 0 Å². The van der Waals surface area contributed by atoms with Gasteiger partial charge in [-0.15, -0.1) is 0 Å². The van der Waals surface area contributed by atoms with Gasteiger partial charge in [-0.25, -0.2) is 4.98 Å². The molecule has 3 rings (SSSR count). The molecule has 0 unspecified atom stereocenters. The van der Waals surface area contributed by atoms with Gasteiger partial charge in [0, 0.05) is 41.9 Å². The van der Waals surface area contributed by atoms with Gasteiger partial charge < -0.3 is 10.3 Å². The zero-order valence-electron chi connectivity index (χ0n) is 10.9. The van der Waals surface area contributed by atoms with E-state index in [1.54, 1.807) is 18.6 Å². The Morgan fingerprint density at radius 3 is 3.00 bits per heavy atom. The highest BCUT2D eigenvalue weighted by Gasteiger charge is 2.29. The first kappa shape index (κ1) is 13.3. The molecule has 20 heavy (non-hydrogen) atoms. The number of aromatic amines is 1. The standard InChI is InChI=1S/C14H15BrN4O/c15-10-7-11(13(19-8-10)9-1-2-9)14(20)18-4-3-12-16-5-6-17-12/h5-9H,1-4H2,(H,16,17)(H,18,20). The highest BCUT2D eigenvalue weighted by molar-refractivity contribution is 9.10. The summed E-state index contributed by atoms with van der Waals surface area (Å²) in [5, 5.41) is 2.93. The van der Waals surface area contributed by atoms with E-state index in [0.717, 1.165) is 28.8 Å². The van der Waals surface area contributed by atoms with Crippen LogP contribution in [0.15, 0.2) is 29.1 Å². The van der Waals surface area contributed by atoms with Gasteiger partial charge in [-0.05, 0) is 34.8 Å². The zero-order chi connectivity index (χ0) is 13.9. The SMILES string of the molecule is O=C(NCCc1ncc[nH]1)c1cc(Br)cnc1C1CC1. The molecule has 1 aliphatic rings. The van der Waals surface area contributed by atoms with Crippen LogP contribution < -0.4 is 5.32 Å². The highest BCUT2D eigenvalue weighted by atomic mass is 79.9. The first-order valence-corrected chi connectivity index (χ1v) is 7.45. The van der Waals surface area contributed by atoms with Gasteiger partial charge in [0.25, 0.3) is 5.91 Å². The summed E-state index contributed by atoms with van der Waals surface area (Å²) in [4.78, 5) is 23.8. The lowest BCUT2D eigenvalue weighted by molar-refractivity contribution is 0.0952. The number of amides is 1. The minimum atomic E-state index is -0.0627. The second-order valence-corrected chi connectivity index (χ2v) is 5.82. The third-order valence-electron chi connectivity index (χ3n) is 3.30. The number of hydrogen-bond donors (Lipinski definition) is 2. The molecule has 0 spiro atoms. The van der Waals surface area contributed by atoms with Crippen molar-refractivity contribution in [3.05, 3.63) is 46.2 Å². The molecule has 1 fully saturated rings. The van der Waals surface area contributed by atoms with Crippen LogP contribution in [0.4, 0.5) is 0 Å². The number of halogens is 1. The second-order valence-electron chi connectivity index (χ2n) is 4.90. The molecule has 1 amide bonds. The molecule has 2 aromatic heterocycles. The average Bonchev–Trinajstić information content (AvgIpc) is 3.15. The van der Waals surface area contributed by atoms with Crippen molar-refractivity contribution in [2.75, 3.05) is 6.54 Å². The minimum absolute atomic E-state index is 0.0627. The van der Waals surface area contributed by atoms with Gasteiger partial charge in [-0.3, -0.25) is 9.78 Å². The molecule has 2 aromatic rings. The molecule has 5 nitrogen and oxygen atoms in total. The first-order valence-electron chi connectivity index (χ1n) is 6.66. The quantitative estimate of drug-likeness (QED) is 0.882. The van der Waals surface area contributed by atoms with Gasteiger partial charge in [-0.1, -0.05) is 0 Å². The molecule has 6 heteroatoms. The number of carbonyl (C=O) groups excluding carboxylic acids is 1. The first-order chi connectivity index (χ1) is 9.74. The monoisotopic (exact) mass is 334 g/mol. The fourth-order valence-electron chi connectivity index (χ4n) is 2.14. The fourth-order valence-corrected chi connectivity index (χ4v) is 2.47. The maximum Gasteiger partial charge on any atom is 0.253 e. The molecule has 104 valence electrons. The largest absolute Gasteiger partial charge is 0.352 e. The molecule has 2 heterocycles. The van der Waals surface area contributed by atoms with E-state index in [4.69, 9.17) is 0 Å². The van der Waals surface area contributed by atoms with Crippen molar-refractivity contribution in [3.63, 3.8) is 0 Å². The number of nitrogens with zero attached hydrogens (tertiary/aromatic N) is 2. The summed E-state index contributed by atoms with van der Waals surface area (Å²) in [5.74, 6) is 1.27. The van der Waals surface area contributed by atoms with Crippen LogP contribution in [0.5, 0.6) is 0 Å². The highest BCUT2D eigenvalue weighted by Crippen LogP contribution is 2.40. The molecule has 2 N–H and O–H groups in total. The van der Waals surface area contributed by atoms with Gasteiger partial charge in [0.05, 0.1) is 11.3 Å². The molecule has 0 aromatic carbocycles. The number of rotatable bonds is 5. The van der Waals surface area contributed by atoms with E-state index < -0.39 is 0 Å².